The van der Waals surface area contributed by atoms with Gasteiger partial charge in [0.25, 0.3) is 0 Å². The third-order valence-electron chi connectivity index (χ3n) is 2.50. The van der Waals surface area contributed by atoms with Crippen LogP contribution in [0.2, 0.25) is 0 Å². The molecule has 0 bridgehead atoms. The van der Waals surface area contributed by atoms with Gasteiger partial charge in [-0.15, -0.1) is 0 Å². The molecule has 2 N–H and O–H groups in total. The van der Waals surface area contributed by atoms with Crippen molar-refractivity contribution < 1.29 is 13.2 Å². The van der Waals surface area contributed by atoms with Crippen LogP contribution in [0, 0.1) is 0 Å². The van der Waals surface area contributed by atoms with Gasteiger partial charge in [0, 0.05) is 13.1 Å². The minimum absolute atomic E-state index is 0.104. The fourth-order valence-electron chi connectivity index (χ4n) is 1.63. The predicted molar refractivity (Wildman–Crippen MR) is 75.9 cm³/mol. The molecule has 1 rings (SSSR count). The van der Waals surface area contributed by atoms with Crippen LogP contribution in [-0.2, 0) is 10.0 Å². The van der Waals surface area contributed by atoms with Crippen molar-refractivity contribution in [2.45, 2.75) is 31.3 Å². The van der Waals surface area contributed by atoms with Crippen molar-refractivity contribution in [3.63, 3.8) is 0 Å². The van der Waals surface area contributed by atoms with Crippen molar-refractivity contribution in [2.24, 2.45) is 0 Å². The fraction of sp³-hybridized carbons (Fsp3) is 0.538. The SMILES string of the molecule is CCCNS(=O)(=O)c1ccccc1OC(C)CNC. The van der Waals surface area contributed by atoms with Gasteiger partial charge in [-0.1, -0.05) is 19.1 Å². The second kappa shape index (κ2) is 7.47. The minimum Gasteiger partial charge on any atom is -0.488 e. The van der Waals surface area contributed by atoms with Crippen LogP contribution >= 0.6 is 0 Å². The van der Waals surface area contributed by atoms with E-state index in [1.807, 2.05) is 20.9 Å². The van der Waals surface area contributed by atoms with Crippen LogP contribution in [0.1, 0.15) is 20.3 Å². The summed E-state index contributed by atoms with van der Waals surface area (Å²) in [6, 6.07) is 6.68. The zero-order valence-electron chi connectivity index (χ0n) is 11.6. The van der Waals surface area contributed by atoms with Gasteiger partial charge in [-0.25, -0.2) is 13.1 Å². The third-order valence-corrected chi connectivity index (χ3v) is 4.00. The topological polar surface area (TPSA) is 67.4 Å². The minimum atomic E-state index is -3.51. The Morgan fingerprint density at radius 3 is 2.63 bits per heavy atom. The quantitative estimate of drug-likeness (QED) is 0.757. The number of hydrogen-bond acceptors (Lipinski definition) is 4. The van der Waals surface area contributed by atoms with Crippen LogP contribution in [0.3, 0.4) is 0 Å². The van der Waals surface area contributed by atoms with Gasteiger partial charge >= 0.3 is 0 Å². The number of para-hydroxylation sites is 1. The van der Waals surface area contributed by atoms with Crippen molar-refractivity contribution in [2.75, 3.05) is 20.1 Å². The van der Waals surface area contributed by atoms with Gasteiger partial charge in [0.2, 0.25) is 10.0 Å². The first-order valence-corrected chi connectivity index (χ1v) is 7.89. The number of sulfonamides is 1. The fourth-order valence-corrected chi connectivity index (χ4v) is 2.90. The molecule has 0 aliphatic heterocycles. The Labute approximate surface area is 115 Å². The molecule has 0 saturated carbocycles. The summed E-state index contributed by atoms with van der Waals surface area (Å²) in [5, 5.41) is 2.99. The molecule has 108 valence electrons. The van der Waals surface area contributed by atoms with Gasteiger partial charge in [0.1, 0.15) is 16.7 Å². The Hall–Kier alpha value is -1.11. The number of likely N-dealkylation sites (N-methyl/N-ethyl adjacent to an activating group) is 1. The average Bonchev–Trinajstić information content (AvgIpc) is 2.37. The molecule has 19 heavy (non-hydrogen) atoms. The van der Waals surface area contributed by atoms with Crippen molar-refractivity contribution in [1.29, 1.82) is 0 Å². The lowest BCUT2D eigenvalue weighted by Crippen LogP contribution is -2.28. The molecular weight excluding hydrogens is 264 g/mol. The van der Waals surface area contributed by atoms with Crippen molar-refractivity contribution in [3.05, 3.63) is 24.3 Å². The maximum Gasteiger partial charge on any atom is 0.244 e. The van der Waals surface area contributed by atoms with Crippen molar-refractivity contribution >= 4 is 10.0 Å². The van der Waals surface area contributed by atoms with E-state index in [9.17, 15) is 8.42 Å². The van der Waals surface area contributed by atoms with Crippen LogP contribution < -0.4 is 14.8 Å². The van der Waals surface area contributed by atoms with Gasteiger partial charge < -0.3 is 10.1 Å². The van der Waals surface area contributed by atoms with E-state index in [0.29, 0.717) is 18.8 Å². The van der Waals surface area contributed by atoms with E-state index in [0.717, 1.165) is 6.42 Å². The highest BCUT2D eigenvalue weighted by atomic mass is 32.2. The summed E-state index contributed by atoms with van der Waals surface area (Å²) in [7, 11) is -1.68. The van der Waals surface area contributed by atoms with Crippen molar-refractivity contribution in [1.82, 2.24) is 10.0 Å². The summed E-state index contributed by atoms with van der Waals surface area (Å²) in [6.45, 7) is 4.87. The van der Waals surface area contributed by atoms with Crippen LogP contribution in [0.4, 0.5) is 0 Å². The Balaban J connectivity index is 2.95. The first-order chi connectivity index (χ1) is 9.01. The summed E-state index contributed by atoms with van der Waals surface area (Å²) < 4.78 is 32.5. The first kappa shape index (κ1) is 15.9. The molecule has 0 aromatic heterocycles. The molecule has 0 heterocycles. The molecule has 5 nitrogen and oxygen atoms in total. The van der Waals surface area contributed by atoms with E-state index in [4.69, 9.17) is 4.74 Å². The number of rotatable bonds is 8. The molecule has 0 fully saturated rings. The van der Waals surface area contributed by atoms with E-state index < -0.39 is 10.0 Å². The summed E-state index contributed by atoms with van der Waals surface area (Å²) in [4.78, 5) is 0.186. The normalized spacial score (nSPS) is 13.2. The Morgan fingerprint density at radius 1 is 1.32 bits per heavy atom. The standard InChI is InChI=1S/C13H22N2O3S/c1-4-9-15-19(16,17)13-8-6-5-7-12(13)18-11(2)10-14-3/h5-8,11,14-15H,4,9-10H2,1-3H3. The average molecular weight is 286 g/mol. The zero-order valence-corrected chi connectivity index (χ0v) is 12.5. The lowest BCUT2D eigenvalue weighted by molar-refractivity contribution is 0.215. The molecule has 0 aliphatic rings. The molecule has 1 atom stereocenters. The molecule has 0 saturated heterocycles. The third kappa shape index (κ3) is 4.81. The summed E-state index contributed by atoms with van der Waals surface area (Å²) in [5.74, 6) is 0.383. The highest BCUT2D eigenvalue weighted by Crippen LogP contribution is 2.24. The molecule has 1 unspecified atom stereocenters. The van der Waals surface area contributed by atoms with E-state index >= 15 is 0 Å². The lowest BCUT2D eigenvalue weighted by Gasteiger charge is -2.17. The molecule has 1 aromatic rings. The second-order valence-electron chi connectivity index (χ2n) is 4.33. The Kier molecular flexibility index (Phi) is 6.27. The van der Waals surface area contributed by atoms with Crippen molar-refractivity contribution in [3.8, 4) is 5.75 Å². The van der Waals surface area contributed by atoms with E-state index in [-0.39, 0.29) is 11.0 Å². The number of hydrogen-bond donors (Lipinski definition) is 2. The second-order valence-corrected chi connectivity index (χ2v) is 6.07. The molecule has 0 spiro atoms. The van der Waals surface area contributed by atoms with Crippen LogP contribution in [0.5, 0.6) is 5.75 Å². The number of ether oxygens (including phenoxy) is 1. The maximum atomic E-state index is 12.1. The van der Waals surface area contributed by atoms with Gasteiger partial charge in [0.15, 0.2) is 0 Å². The number of benzene rings is 1. The predicted octanol–water partition coefficient (Wildman–Crippen LogP) is 1.36. The van der Waals surface area contributed by atoms with Gasteiger partial charge in [0.05, 0.1) is 0 Å². The Bertz CT molecular complexity index is 488. The summed E-state index contributed by atoms with van der Waals surface area (Å²) in [5.41, 5.74) is 0. The Morgan fingerprint density at radius 2 is 2.00 bits per heavy atom. The maximum absolute atomic E-state index is 12.1. The monoisotopic (exact) mass is 286 g/mol. The van der Waals surface area contributed by atoms with Crippen LogP contribution in [0.15, 0.2) is 29.2 Å². The smallest absolute Gasteiger partial charge is 0.244 e. The summed E-state index contributed by atoms with van der Waals surface area (Å²) >= 11 is 0. The highest BCUT2D eigenvalue weighted by molar-refractivity contribution is 7.89. The molecule has 6 heteroatoms. The van der Waals surface area contributed by atoms with Gasteiger partial charge in [-0.05, 0) is 32.5 Å². The van der Waals surface area contributed by atoms with Gasteiger partial charge in [-0.2, -0.15) is 0 Å². The zero-order chi connectivity index (χ0) is 14.3. The lowest BCUT2D eigenvalue weighted by atomic mass is 10.3. The summed E-state index contributed by atoms with van der Waals surface area (Å²) in [6.07, 6.45) is 0.644. The van der Waals surface area contributed by atoms with E-state index in [2.05, 4.69) is 10.0 Å². The van der Waals surface area contributed by atoms with Crippen LogP contribution in [-0.4, -0.2) is 34.7 Å². The highest BCUT2D eigenvalue weighted by Gasteiger charge is 2.19. The largest absolute Gasteiger partial charge is 0.488 e. The van der Waals surface area contributed by atoms with Crippen LogP contribution in [0.25, 0.3) is 0 Å². The van der Waals surface area contributed by atoms with E-state index in [1.54, 1.807) is 24.3 Å². The molecule has 0 amide bonds. The molecule has 0 aliphatic carbocycles. The molecule has 1 aromatic carbocycles. The first-order valence-electron chi connectivity index (χ1n) is 6.41. The molecular formula is C13H22N2O3S. The van der Waals surface area contributed by atoms with Gasteiger partial charge in [-0.3, -0.25) is 0 Å². The van der Waals surface area contributed by atoms with E-state index in [1.165, 1.54) is 0 Å². The number of nitrogens with one attached hydrogen (secondary N) is 2. The molecule has 0 radical (unpaired) electrons.